The normalized spacial score (nSPS) is 25.1. The first-order valence-corrected chi connectivity index (χ1v) is 5.70. The highest BCUT2D eigenvalue weighted by atomic mass is 19.1. The SMILES string of the molecule is CC1(O)CCN(CC(=O)c2cccc(F)c2)C1. The van der Waals surface area contributed by atoms with Crippen molar-refractivity contribution in [2.24, 2.45) is 0 Å². The van der Waals surface area contributed by atoms with Crippen LogP contribution in [0.2, 0.25) is 0 Å². The second kappa shape index (κ2) is 4.55. The molecule has 3 nitrogen and oxygen atoms in total. The average Bonchev–Trinajstić information content (AvgIpc) is 2.58. The number of aliphatic hydroxyl groups is 1. The smallest absolute Gasteiger partial charge is 0.176 e. The minimum Gasteiger partial charge on any atom is -0.389 e. The Morgan fingerprint density at radius 1 is 1.59 bits per heavy atom. The van der Waals surface area contributed by atoms with Gasteiger partial charge in [0.15, 0.2) is 5.78 Å². The van der Waals surface area contributed by atoms with Gasteiger partial charge < -0.3 is 5.11 Å². The second-order valence-corrected chi connectivity index (χ2v) is 4.89. The predicted molar refractivity (Wildman–Crippen MR) is 62.4 cm³/mol. The van der Waals surface area contributed by atoms with Crippen molar-refractivity contribution in [1.29, 1.82) is 0 Å². The molecule has 0 radical (unpaired) electrons. The zero-order valence-electron chi connectivity index (χ0n) is 9.82. The van der Waals surface area contributed by atoms with Crippen molar-refractivity contribution in [3.05, 3.63) is 35.6 Å². The lowest BCUT2D eigenvalue weighted by Crippen LogP contribution is -2.33. The molecule has 1 aliphatic heterocycles. The summed E-state index contributed by atoms with van der Waals surface area (Å²) in [5.74, 6) is -0.508. The Labute approximate surface area is 99.9 Å². The number of hydrogen-bond acceptors (Lipinski definition) is 3. The largest absolute Gasteiger partial charge is 0.389 e. The number of benzene rings is 1. The van der Waals surface area contributed by atoms with Crippen LogP contribution in [0.4, 0.5) is 4.39 Å². The van der Waals surface area contributed by atoms with E-state index in [2.05, 4.69) is 0 Å². The van der Waals surface area contributed by atoms with Gasteiger partial charge in [-0.2, -0.15) is 0 Å². The van der Waals surface area contributed by atoms with Gasteiger partial charge in [-0.15, -0.1) is 0 Å². The van der Waals surface area contributed by atoms with Crippen molar-refractivity contribution < 1.29 is 14.3 Å². The molecule has 0 saturated carbocycles. The lowest BCUT2D eigenvalue weighted by molar-refractivity contribution is 0.0669. The quantitative estimate of drug-likeness (QED) is 0.809. The summed E-state index contributed by atoms with van der Waals surface area (Å²) in [6, 6.07) is 5.70. The summed E-state index contributed by atoms with van der Waals surface area (Å²) < 4.78 is 13.0. The molecule has 1 atom stereocenters. The molecule has 1 saturated heterocycles. The van der Waals surface area contributed by atoms with Crippen LogP contribution >= 0.6 is 0 Å². The highest BCUT2D eigenvalue weighted by Gasteiger charge is 2.32. The summed E-state index contributed by atoms with van der Waals surface area (Å²) >= 11 is 0. The molecular weight excluding hydrogens is 221 g/mol. The van der Waals surface area contributed by atoms with E-state index in [1.807, 2.05) is 4.90 Å². The Balaban J connectivity index is 1.98. The monoisotopic (exact) mass is 237 g/mol. The molecule has 92 valence electrons. The number of hydrogen-bond donors (Lipinski definition) is 1. The van der Waals surface area contributed by atoms with Gasteiger partial charge in [0.2, 0.25) is 0 Å². The zero-order chi connectivity index (χ0) is 12.5. The van der Waals surface area contributed by atoms with Crippen molar-refractivity contribution in [2.75, 3.05) is 19.6 Å². The number of nitrogens with zero attached hydrogens (tertiary/aromatic N) is 1. The summed E-state index contributed by atoms with van der Waals surface area (Å²) in [5.41, 5.74) is -0.320. The van der Waals surface area contributed by atoms with Crippen molar-refractivity contribution in [3.63, 3.8) is 0 Å². The first kappa shape index (κ1) is 12.2. The third-order valence-corrected chi connectivity index (χ3v) is 3.04. The zero-order valence-corrected chi connectivity index (χ0v) is 9.82. The highest BCUT2D eigenvalue weighted by Crippen LogP contribution is 2.20. The molecule has 0 amide bonds. The molecule has 1 unspecified atom stereocenters. The van der Waals surface area contributed by atoms with E-state index in [9.17, 15) is 14.3 Å². The van der Waals surface area contributed by atoms with Gasteiger partial charge in [0.25, 0.3) is 0 Å². The van der Waals surface area contributed by atoms with E-state index in [0.29, 0.717) is 25.1 Å². The maximum atomic E-state index is 13.0. The summed E-state index contributed by atoms with van der Waals surface area (Å²) in [6.45, 7) is 3.20. The Bertz CT molecular complexity index is 431. The van der Waals surface area contributed by atoms with Crippen LogP contribution in [0.1, 0.15) is 23.7 Å². The lowest BCUT2D eigenvalue weighted by Gasteiger charge is -2.18. The van der Waals surface area contributed by atoms with E-state index < -0.39 is 11.4 Å². The van der Waals surface area contributed by atoms with Gasteiger partial charge >= 0.3 is 0 Å². The molecule has 0 bridgehead atoms. The van der Waals surface area contributed by atoms with Crippen LogP contribution in [0.3, 0.4) is 0 Å². The van der Waals surface area contributed by atoms with Crippen LogP contribution in [0.15, 0.2) is 24.3 Å². The maximum Gasteiger partial charge on any atom is 0.176 e. The van der Waals surface area contributed by atoms with E-state index in [4.69, 9.17) is 0 Å². The van der Waals surface area contributed by atoms with E-state index in [1.54, 1.807) is 13.0 Å². The van der Waals surface area contributed by atoms with Crippen molar-refractivity contribution in [1.82, 2.24) is 4.90 Å². The fourth-order valence-corrected chi connectivity index (χ4v) is 2.13. The number of ketones is 1. The summed E-state index contributed by atoms with van der Waals surface area (Å²) in [5, 5.41) is 9.78. The fourth-order valence-electron chi connectivity index (χ4n) is 2.13. The molecule has 1 aromatic rings. The molecular formula is C13H16FNO2. The Morgan fingerprint density at radius 3 is 2.94 bits per heavy atom. The molecule has 17 heavy (non-hydrogen) atoms. The number of carbonyl (C=O) groups excluding carboxylic acids is 1. The minimum absolute atomic E-state index is 0.109. The molecule has 1 fully saturated rings. The highest BCUT2D eigenvalue weighted by molar-refractivity contribution is 5.97. The lowest BCUT2D eigenvalue weighted by atomic mass is 10.1. The fraction of sp³-hybridized carbons (Fsp3) is 0.462. The molecule has 0 spiro atoms. The third kappa shape index (κ3) is 3.11. The van der Waals surface area contributed by atoms with Gasteiger partial charge in [-0.05, 0) is 25.5 Å². The number of carbonyl (C=O) groups is 1. The molecule has 1 heterocycles. The van der Waals surface area contributed by atoms with Crippen LogP contribution in [-0.2, 0) is 0 Å². The van der Waals surface area contributed by atoms with Crippen molar-refractivity contribution in [3.8, 4) is 0 Å². The van der Waals surface area contributed by atoms with Crippen LogP contribution in [0.5, 0.6) is 0 Å². The van der Waals surface area contributed by atoms with E-state index in [1.165, 1.54) is 18.2 Å². The van der Waals surface area contributed by atoms with Crippen LogP contribution in [-0.4, -0.2) is 41.0 Å². The first-order valence-electron chi connectivity index (χ1n) is 5.70. The molecule has 4 heteroatoms. The maximum absolute atomic E-state index is 13.0. The van der Waals surface area contributed by atoms with Gasteiger partial charge in [0, 0.05) is 18.7 Å². The Morgan fingerprint density at radius 2 is 2.35 bits per heavy atom. The van der Waals surface area contributed by atoms with Crippen LogP contribution < -0.4 is 0 Å². The summed E-state index contributed by atoms with van der Waals surface area (Å²) in [7, 11) is 0. The van der Waals surface area contributed by atoms with Crippen LogP contribution in [0.25, 0.3) is 0 Å². The van der Waals surface area contributed by atoms with Gasteiger partial charge in [0.05, 0.1) is 12.1 Å². The van der Waals surface area contributed by atoms with E-state index in [0.717, 1.165) is 0 Å². The van der Waals surface area contributed by atoms with Crippen molar-refractivity contribution in [2.45, 2.75) is 18.9 Å². The summed E-state index contributed by atoms with van der Waals surface area (Å²) in [6.07, 6.45) is 0.670. The average molecular weight is 237 g/mol. The molecule has 0 aromatic heterocycles. The van der Waals surface area contributed by atoms with Gasteiger partial charge in [-0.25, -0.2) is 4.39 Å². The first-order chi connectivity index (χ1) is 7.96. The number of halogens is 1. The van der Waals surface area contributed by atoms with Gasteiger partial charge in [-0.1, -0.05) is 12.1 Å². The second-order valence-electron chi connectivity index (χ2n) is 4.89. The topological polar surface area (TPSA) is 40.5 Å². The number of Topliss-reactive ketones (excluding diaryl/α,β-unsaturated/α-hetero) is 1. The standard InChI is InChI=1S/C13H16FNO2/c1-13(17)5-6-15(9-13)8-12(16)10-3-2-4-11(14)7-10/h2-4,7,17H,5-6,8-9H2,1H3. The molecule has 2 rings (SSSR count). The van der Waals surface area contributed by atoms with Gasteiger partial charge in [-0.3, -0.25) is 9.69 Å². The molecule has 1 N–H and O–H groups in total. The predicted octanol–water partition coefficient (Wildman–Crippen LogP) is 1.47. The molecule has 1 aromatic carbocycles. The van der Waals surface area contributed by atoms with Gasteiger partial charge in [0.1, 0.15) is 5.82 Å². The van der Waals surface area contributed by atoms with E-state index in [-0.39, 0.29) is 12.3 Å². The van der Waals surface area contributed by atoms with Crippen molar-refractivity contribution >= 4 is 5.78 Å². The third-order valence-electron chi connectivity index (χ3n) is 3.04. The number of rotatable bonds is 3. The molecule has 1 aliphatic rings. The van der Waals surface area contributed by atoms with Crippen LogP contribution in [0, 0.1) is 5.82 Å². The molecule has 0 aliphatic carbocycles. The summed E-state index contributed by atoms with van der Waals surface area (Å²) in [4.78, 5) is 13.8. The minimum atomic E-state index is -0.706. The Kier molecular flexibility index (Phi) is 3.26. The van der Waals surface area contributed by atoms with E-state index >= 15 is 0 Å². The Hall–Kier alpha value is -1.26. The number of likely N-dealkylation sites (tertiary alicyclic amines) is 1. The number of β-amino-alcohol motifs (C(OH)–C–C–N with tert-alkyl or cyclic N) is 1.